The number of hydrogen-bond acceptors (Lipinski definition) is 9. The first-order valence-corrected chi connectivity index (χ1v) is 24.3. The van der Waals surface area contributed by atoms with Crippen molar-refractivity contribution in [3.63, 3.8) is 0 Å². The third-order valence-electron chi connectivity index (χ3n) is 13.0. The number of alkyl halides is 6. The summed E-state index contributed by atoms with van der Waals surface area (Å²) in [5, 5.41) is 20.3. The van der Waals surface area contributed by atoms with E-state index in [1.54, 1.807) is 55.4 Å². The summed E-state index contributed by atoms with van der Waals surface area (Å²) in [5.41, 5.74) is -3.23. The minimum absolute atomic E-state index is 0.00388. The molecular formula is C54H67F9N4O7. The van der Waals surface area contributed by atoms with Crippen LogP contribution in [0.4, 0.5) is 50.9 Å². The maximum Gasteiger partial charge on any atom is 0.420 e. The zero-order valence-corrected chi connectivity index (χ0v) is 44.1. The van der Waals surface area contributed by atoms with Crippen LogP contribution in [0.5, 0.6) is 5.75 Å². The summed E-state index contributed by atoms with van der Waals surface area (Å²) >= 11 is 0. The summed E-state index contributed by atoms with van der Waals surface area (Å²) in [7, 11) is 0. The number of pyridine rings is 2. The third kappa shape index (κ3) is 13.8. The van der Waals surface area contributed by atoms with Crippen molar-refractivity contribution >= 4 is 23.3 Å². The highest BCUT2D eigenvalue weighted by Crippen LogP contribution is 2.49. The van der Waals surface area contributed by atoms with Gasteiger partial charge in [0.1, 0.15) is 5.56 Å². The minimum Gasteiger partial charge on any atom is -0.490 e. The van der Waals surface area contributed by atoms with Crippen LogP contribution in [0.25, 0.3) is 22.3 Å². The van der Waals surface area contributed by atoms with Gasteiger partial charge in [0, 0.05) is 83.3 Å². The lowest BCUT2D eigenvalue weighted by Crippen LogP contribution is -2.39. The van der Waals surface area contributed by atoms with E-state index < -0.39 is 87.6 Å². The van der Waals surface area contributed by atoms with E-state index in [4.69, 9.17) is 14.2 Å². The first kappa shape index (κ1) is 59.2. The fraction of sp³-hybridized carbons (Fsp3) is 0.556. The Kier molecular flexibility index (Phi) is 17.5. The molecule has 0 spiro atoms. The molecule has 0 bridgehead atoms. The van der Waals surface area contributed by atoms with Crippen molar-refractivity contribution in [3.8, 4) is 28.0 Å². The predicted octanol–water partition coefficient (Wildman–Crippen LogP) is 14.1. The molecule has 6 rings (SSSR count). The van der Waals surface area contributed by atoms with Crippen molar-refractivity contribution in [2.24, 2.45) is 10.8 Å². The highest BCUT2D eigenvalue weighted by atomic mass is 19.4. The molecule has 2 fully saturated rings. The molecule has 4 heterocycles. The zero-order valence-electron chi connectivity index (χ0n) is 44.1. The highest BCUT2D eigenvalue weighted by molar-refractivity contribution is 5.88. The van der Waals surface area contributed by atoms with Crippen LogP contribution in [-0.2, 0) is 31.4 Å². The smallest absolute Gasteiger partial charge is 0.420 e. The molecule has 0 unspecified atom stereocenters. The number of aryl methyl sites for hydroxylation is 2. The molecule has 4 aromatic rings. The van der Waals surface area contributed by atoms with Crippen LogP contribution in [0.1, 0.15) is 148 Å². The lowest BCUT2D eigenvalue weighted by molar-refractivity contribution is -0.161. The second-order valence-electron chi connectivity index (χ2n) is 22.3. The van der Waals surface area contributed by atoms with Gasteiger partial charge in [-0.25, -0.2) is 22.8 Å². The topological polar surface area (TPSA) is 135 Å². The Bertz CT molecular complexity index is 2690. The number of rotatable bonds is 12. The molecule has 20 heteroatoms. The van der Waals surface area contributed by atoms with Crippen LogP contribution < -0.4 is 14.5 Å². The molecule has 0 radical (unpaired) electrons. The summed E-state index contributed by atoms with van der Waals surface area (Å²) in [6.07, 6.45) is -7.17. The number of carbonyl (C=O) groups is 2. The van der Waals surface area contributed by atoms with E-state index in [9.17, 15) is 50.5 Å². The van der Waals surface area contributed by atoms with Gasteiger partial charge in [-0.3, -0.25) is 9.97 Å². The Morgan fingerprint density at radius 3 is 1.27 bits per heavy atom. The van der Waals surface area contributed by atoms with Gasteiger partial charge in [-0.1, -0.05) is 39.8 Å². The molecule has 0 amide bonds. The van der Waals surface area contributed by atoms with Crippen molar-refractivity contribution in [1.82, 2.24) is 9.97 Å². The minimum atomic E-state index is -5.07. The molecule has 11 nitrogen and oxygen atoms in total. The first-order chi connectivity index (χ1) is 33.9. The van der Waals surface area contributed by atoms with Gasteiger partial charge in [0.05, 0.1) is 34.7 Å². The molecule has 408 valence electrons. The normalized spacial score (nSPS) is 17.1. The van der Waals surface area contributed by atoms with Gasteiger partial charge in [0.15, 0.2) is 35.4 Å². The van der Waals surface area contributed by atoms with Crippen molar-refractivity contribution in [2.45, 2.75) is 151 Å². The lowest BCUT2D eigenvalue weighted by Gasteiger charge is -2.41. The van der Waals surface area contributed by atoms with Crippen LogP contribution in [0.15, 0.2) is 36.7 Å². The van der Waals surface area contributed by atoms with Crippen LogP contribution >= 0.6 is 0 Å². The molecule has 74 heavy (non-hydrogen) atoms. The number of anilines is 2. The number of piperidine rings is 2. The molecule has 2 aliphatic heterocycles. The summed E-state index contributed by atoms with van der Waals surface area (Å²) in [5.74, 6) is -8.32. The Hall–Kier alpha value is -5.63. The number of benzene rings is 2. The molecular weight excluding hydrogens is 988 g/mol. The third-order valence-corrected chi connectivity index (χ3v) is 13.0. The van der Waals surface area contributed by atoms with Gasteiger partial charge < -0.3 is 34.2 Å². The van der Waals surface area contributed by atoms with Crippen LogP contribution in [0.2, 0.25) is 0 Å². The summed E-state index contributed by atoms with van der Waals surface area (Å²) < 4.78 is 143. The number of carboxylic acids is 2. The van der Waals surface area contributed by atoms with E-state index in [1.165, 1.54) is 19.3 Å². The van der Waals surface area contributed by atoms with Gasteiger partial charge in [-0.15, -0.1) is 0 Å². The van der Waals surface area contributed by atoms with Crippen LogP contribution in [0.3, 0.4) is 0 Å². The zero-order chi connectivity index (χ0) is 55.8. The summed E-state index contributed by atoms with van der Waals surface area (Å²) in [6, 6.07) is 3.17. The molecule has 0 aliphatic carbocycles. The molecule has 2 aliphatic rings. The second-order valence-corrected chi connectivity index (χ2v) is 22.3. The van der Waals surface area contributed by atoms with Crippen molar-refractivity contribution in [1.29, 1.82) is 0 Å². The highest BCUT2D eigenvalue weighted by Gasteiger charge is 2.42. The number of nitrogens with zero attached hydrogens (tertiary/aromatic N) is 4. The SMILES string of the molecule is CCOc1c(C(F)(F)F)ccc(-c2cnc(C)c([C@H](OC(C)(C)C)C(=O)O)c2N2CCC(C)(C)CC2)c1F.Cc1ncc(-c2ccc(C(F)(F)F)c(F)c2F)c(N2CCC(C)(C)CC2)c1[C@H](OC(C)(C)C)C(=O)O. The maximum atomic E-state index is 15.9. The van der Waals surface area contributed by atoms with Crippen molar-refractivity contribution in [3.05, 3.63) is 87.8 Å². The summed E-state index contributed by atoms with van der Waals surface area (Å²) in [6.45, 7) is 25.3. The standard InChI is InChI=1S/C28H36F4N2O4.C26H31F5N2O3/c1-8-37-23-19(28(30,31)32)10-9-17(21(23)29)18-15-33-16(2)20(24(25(35)36)38-26(3,4)5)22(18)34-13-11-27(6,7)12-14-34;1-14-18(22(23(34)35)36-24(2,3)4)21(33-11-9-25(5,6)10-12-33)16(13-32-14)15-7-8-17(26(29,30)31)20(28)19(15)27/h9-10,15,24H,8,11-14H2,1-7H3,(H,35,36);7-8,13,22H,9-12H2,1-6H3,(H,34,35)/t24-;22-/m00/s1. The lowest BCUT2D eigenvalue weighted by atomic mass is 9.82. The monoisotopic (exact) mass is 1050 g/mol. The maximum absolute atomic E-state index is 15.9. The Labute approximate surface area is 426 Å². The van der Waals surface area contributed by atoms with E-state index in [0.717, 1.165) is 43.9 Å². The summed E-state index contributed by atoms with van der Waals surface area (Å²) in [4.78, 5) is 37.3. The quantitative estimate of drug-likeness (QED) is 0.131. The van der Waals surface area contributed by atoms with E-state index in [2.05, 4.69) is 37.7 Å². The molecule has 2 aromatic carbocycles. The van der Waals surface area contributed by atoms with Crippen LogP contribution in [-0.4, -0.2) is 76.1 Å². The van der Waals surface area contributed by atoms with Gasteiger partial charge >= 0.3 is 24.3 Å². The Morgan fingerprint density at radius 2 is 0.946 bits per heavy atom. The average molecular weight is 1060 g/mol. The number of carboxylic acid groups (broad SMARTS) is 2. The molecule has 2 aromatic heterocycles. The average Bonchev–Trinajstić information content (AvgIpc) is 3.25. The fourth-order valence-electron chi connectivity index (χ4n) is 9.01. The van der Waals surface area contributed by atoms with E-state index in [-0.39, 0.29) is 50.9 Å². The molecule has 2 atom stereocenters. The van der Waals surface area contributed by atoms with Crippen molar-refractivity contribution < 1.29 is 73.5 Å². The number of ether oxygens (including phenoxy) is 3. The molecule has 0 saturated carbocycles. The van der Waals surface area contributed by atoms with Crippen molar-refractivity contribution in [2.75, 3.05) is 42.6 Å². The Balaban J connectivity index is 0.000000274. The Morgan fingerprint density at radius 1 is 0.595 bits per heavy atom. The van der Waals surface area contributed by atoms with E-state index in [0.29, 0.717) is 49.3 Å². The largest absolute Gasteiger partial charge is 0.490 e. The second kappa shape index (κ2) is 21.9. The fourth-order valence-corrected chi connectivity index (χ4v) is 9.01. The van der Waals surface area contributed by atoms with Gasteiger partial charge in [-0.2, -0.15) is 26.3 Å². The number of hydrogen-bond donors (Lipinski definition) is 2. The molecule has 2 N–H and O–H groups in total. The van der Waals surface area contributed by atoms with E-state index >= 15 is 8.78 Å². The first-order valence-electron chi connectivity index (χ1n) is 24.3. The molecule has 2 saturated heterocycles. The van der Waals surface area contributed by atoms with Gasteiger partial charge in [0.25, 0.3) is 0 Å². The van der Waals surface area contributed by atoms with E-state index in [1.807, 2.05) is 9.80 Å². The number of aromatic nitrogens is 2. The van der Waals surface area contributed by atoms with Crippen LogP contribution in [0, 0.1) is 42.1 Å². The predicted molar refractivity (Wildman–Crippen MR) is 263 cm³/mol. The number of halogens is 9. The van der Waals surface area contributed by atoms with Gasteiger partial charge in [0.2, 0.25) is 0 Å². The van der Waals surface area contributed by atoms with Gasteiger partial charge in [-0.05, 0) is 111 Å². The number of aliphatic carboxylic acids is 2.